The molecule has 1 amide bonds. The molecule has 0 unspecified atom stereocenters. The van der Waals surface area contributed by atoms with E-state index in [2.05, 4.69) is 5.32 Å². The minimum absolute atomic E-state index is 0.129. The average Bonchev–Trinajstić information content (AvgIpc) is 2.57. The number of amides is 1. The zero-order valence-corrected chi connectivity index (χ0v) is 14.3. The SMILES string of the molecule is CCC[C@@](C)(OC)C(=O)Nc1ccc(OCC)c2ccccc12. The number of rotatable bonds is 7. The van der Waals surface area contributed by atoms with Crippen LogP contribution < -0.4 is 10.1 Å². The lowest BCUT2D eigenvalue weighted by Crippen LogP contribution is -2.41. The van der Waals surface area contributed by atoms with Gasteiger partial charge < -0.3 is 14.8 Å². The molecule has 0 aliphatic carbocycles. The molecule has 124 valence electrons. The van der Waals surface area contributed by atoms with Gasteiger partial charge in [0.25, 0.3) is 5.91 Å². The number of benzene rings is 2. The standard InChI is InChI=1S/C19H25NO3/c1-5-13-19(3,22-4)18(21)20-16-11-12-17(23-6-2)15-10-8-7-9-14(15)16/h7-12H,5-6,13H2,1-4H3,(H,20,21)/t19-/m1/s1. The van der Waals surface area contributed by atoms with Gasteiger partial charge in [-0.15, -0.1) is 0 Å². The van der Waals surface area contributed by atoms with Crippen LogP contribution >= 0.6 is 0 Å². The Hall–Kier alpha value is -2.07. The van der Waals surface area contributed by atoms with Crippen molar-refractivity contribution in [3.05, 3.63) is 36.4 Å². The van der Waals surface area contributed by atoms with Gasteiger partial charge in [0.05, 0.1) is 6.61 Å². The second-order valence-corrected chi connectivity index (χ2v) is 5.73. The maximum atomic E-state index is 12.6. The maximum absolute atomic E-state index is 12.6. The summed E-state index contributed by atoms with van der Waals surface area (Å²) in [6, 6.07) is 11.7. The molecular weight excluding hydrogens is 290 g/mol. The van der Waals surface area contributed by atoms with Crippen LogP contribution in [0.4, 0.5) is 5.69 Å². The molecule has 0 aromatic heterocycles. The highest BCUT2D eigenvalue weighted by atomic mass is 16.5. The van der Waals surface area contributed by atoms with E-state index < -0.39 is 5.60 Å². The summed E-state index contributed by atoms with van der Waals surface area (Å²) < 4.78 is 11.1. The van der Waals surface area contributed by atoms with Gasteiger partial charge in [-0.2, -0.15) is 0 Å². The molecule has 1 N–H and O–H groups in total. The van der Waals surface area contributed by atoms with Crippen molar-refractivity contribution in [2.24, 2.45) is 0 Å². The van der Waals surface area contributed by atoms with Gasteiger partial charge in [-0.3, -0.25) is 4.79 Å². The molecule has 1 atom stereocenters. The van der Waals surface area contributed by atoms with Crippen LogP contribution in [-0.4, -0.2) is 25.2 Å². The Morgan fingerprint density at radius 3 is 2.43 bits per heavy atom. The van der Waals surface area contributed by atoms with Gasteiger partial charge in [0.2, 0.25) is 0 Å². The predicted molar refractivity (Wildman–Crippen MR) is 94.1 cm³/mol. The zero-order valence-electron chi connectivity index (χ0n) is 14.3. The topological polar surface area (TPSA) is 47.6 Å². The van der Waals surface area contributed by atoms with Crippen LogP contribution in [0.1, 0.15) is 33.6 Å². The second kappa shape index (κ2) is 7.47. The lowest BCUT2D eigenvalue weighted by Gasteiger charge is -2.26. The Morgan fingerprint density at radius 2 is 1.83 bits per heavy atom. The number of fused-ring (bicyclic) bond motifs is 1. The maximum Gasteiger partial charge on any atom is 0.256 e. The molecule has 2 aromatic rings. The summed E-state index contributed by atoms with van der Waals surface area (Å²) in [6.07, 6.45) is 1.55. The molecule has 0 aliphatic rings. The van der Waals surface area contributed by atoms with Crippen molar-refractivity contribution in [3.8, 4) is 5.75 Å². The first-order valence-corrected chi connectivity index (χ1v) is 8.07. The predicted octanol–water partition coefficient (Wildman–Crippen LogP) is 4.38. The molecule has 4 nitrogen and oxygen atoms in total. The Labute approximate surface area is 137 Å². The van der Waals surface area contributed by atoms with Crippen LogP contribution in [-0.2, 0) is 9.53 Å². The molecule has 0 saturated carbocycles. The van der Waals surface area contributed by atoms with E-state index in [1.54, 1.807) is 7.11 Å². The van der Waals surface area contributed by atoms with Crippen molar-refractivity contribution < 1.29 is 14.3 Å². The molecule has 0 spiro atoms. The number of hydrogen-bond acceptors (Lipinski definition) is 3. The summed E-state index contributed by atoms with van der Waals surface area (Å²) in [5, 5.41) is 4.96. The van der Waals surface area contributed by atoms with Crippen molar-refractivity contribution in [2.45, 2.75) is 39.2 Å². The first kappa shape index (κ1) is 17.3. The first-order valence-electron chi connectivity index (χ1n) is 8.07. The molecular formula is C19H25NO3. The van der Waals surface area contributed by atoms with Gasteiger partial charge in [0.15, 0.2) is 0 Å². The fourth-order valence-corrected chi connectivity index (χ4v) is 2.70. The third kappa shape index (κ3) is 3.64. The third-order valence-corrected chi connectivity index (χ3v) is 4.09. The Kier molecular flexibility index (Phi) is 5.61. The summed E-state index contributed by atoms with van der Waals surface area (Å²) in [5.41, 5.74) is -0.0533. The molecule has 0 aliphatic heterocycles. The average molecular weight is 315 g/mol. The Balaban J connectivity index is 2.37. The fourth-order valence-electron chi connectivity index (χ4n) is 2.70. The van der Waals surface area contributed by atoms with E-state index >= 15 is 0 Å². The number of ether oxygens (including phenoxy) is 2. The Morgan fingerprint density at radius 1 is 1.13 bits per heavy atom. The van der Waals surface area contributed by atoms with Crippen molar-refractivity contribution in [1.29, 1.82) is 0 Å². The van der Waals surface area contributed by atoms with E-state index in [1.807, 2.05) is 57.2 Å². The van der Waals surface area contributed by atoms with Gasteiger partial charge >= 0.3 is 0 Å². The summed E-state index contributed by atoms with van der Waals surface area (Å²) in [4.78, 5) is 12.6. The molecule has 2 aromatic carbocycles. The van der Waals surface area contributed by atoms with Gasteiger partial charge in [0.1, 0.15) is 11.4 Å². The van der Waals surface area contributed by atoms with Crippen molar-refractivity contribution in [1.82, 2.24) is 0 Å². The van der Waals surface area contributed by atoms with E-state index in [1.165, 1.54) is 0 Å². The number of nitrogens with one attached hydrogen (secondary N) is 1. The number of carbonyl (C=O) groups excluding carboxylic acids is 1. The molecule has 4 heteroatoms. The monoisotopic (exact) mass is 315 g/mol. The van der Waals surface area contributed by atoms with Crippen LogP contribution in [0.3, 0.4) is 0 Å². The van der Waals surface area contributed by atoms with E-state index in [9.17, 15) is 4.79 Å². The van der Waals surface area contributed by atoms with Gasteiger partial charge in [-0.1, -0.05) is 37.6 Å². The molecule has 0 radical (unpaired) electrons. The van der Waals surface area contributed by atoms with E-state index in [-0.39, 0.29) is 5.91 Å². The molecule has 0 bridgehead atoms. The van der Waals surface area contributed by atoms with Gasteiger partial charge in [-0.05, 0) is 32.4 Å². The molecule has 0 heterocycles. The first-order chi connectivity index (χ1) is 11.1. The van der Waals surface area contributed by atoms with Crippen molar-refractivity contribution >= 4 is 22.4 Å². The lowest BCUT2D eigenvalue weighted by atomic mass is 9.98. The summed E-state index contributed by atoms with van der Waals surface area (Å²) in [5.74, 6) is 0.695. The quantitative estimate of drug-likeness (QED) is 0.824. The summed E-state index contributed by atoms with van der Waals surface area (Å²) in [7, 11) is 1.57. The molecule has 0 fully saturated rings. The van der Waals surface area contributed by atoms with Crippen LogP contribution in [0.25, 0.3) is 10.8 Å². The lowest BCUT2D eigenvalue weighted by molar-refractivity contribution is -0.136. The number of methoxy groups -OCH3 is 1. The van der Waals surface area contributed by atoms with Gasteiger partial charge in [-0.25, -0.2) is 0 Å². The van der Waals surface area contributed by atoms with Crippen LogP contribution in [0, 0.1) is 0 Å². The minimum atomic E-state index is -0.825. The largest absolute Gasteiger partial charge is 0.493 e. The van der Waals surface area contributed by atoms with Crippen molar-refractivity contribution in [2.75, 3.05) is 19.0 Å². The van der Waals surface area contributed by atoms with E-state index in [4.69, 9.17) is 9.47 Å². The van der Waals surface area contributed by atoms with E-state index in [0.29, 0.717) is 13.0 Å². The third-order valence-electron chi connectivity index (χ3n) is 4.09. The zero-order chi connectivity index (χ0) is 16.9. The highest BCUT2D eigenvalue weighted by molar-refractivity contribution is 6.06. The number of anilines is 1. The van der Waals surface area contributed by atoms with E-state index in [0.717, 1.165) is 28.6 Å². The van der Waals surface area contributed by atoms with Crippen LogP contribution in [0.15, 0.2) is 36.4 Å². The summed E-state index contributed by atoms with van der Waals surface area (Å²) >= 11 is 0. The highest BCUT2D eigenvalue weighted by Crippen LogP contribution is 2.32. The molecule has 23 heavy (non-hydrogen) atoms. The van der Waals surface area contributed by atoms with Gasteiger partial charge in [0, 0.05) is 23.6 Å². The number of hydrogen-bond donors (Lipinski definition) is 1. The normalized spacial score (nSPS) is 13.6. The van der Waals surface area contributed by atoms with Crippen LogP contribution in [0.5, 0.6) is 5.75 Å². The fraction of sp³-hybridized carbons (Fsp3) is 0.421. The smallest absolute Gasteiger partial charge is 0.256 e. The highest BCUT2D eigenvalue weighted by Gasteiger charge is 2.32. The molecule has 0 saturated heterocycles. The minimum Gasteiger partial charge on any atom is -0.493 e. The Bertz CT molecular complexity index is 683. The van der Waals surface area contributed by atoms with Crippen LogP contribution in [0.2, 0.25) is 0 Å². The molecule has 2 rings (SSSR count). The second-order valence-electron chi connectivity index (χ2n) is 5.73. The number of carbonyl (C=O) groups is 1. The van der Waals surface area contributed by atoms with Crippen molar-refractivity contribution in [3.63, 3.8) is 0 Å². The summed E-state index contributed by atoms with van der Waals surface area (Å²) in [6.45, 7) is 6.42.